The highest BCUT2D eigenvalue weighted by atomic mass is 32.2. The number of aromatic amines is 1. The van der Waals surface area contributed by atoms with E-state index >= 15 is 0 Å². The number of H-pyrrole nitrogens is 1. The fraction of sp³-hybridized carbons (Fsp3) is 0.286. The highest BCUT2D eigenvalue weighted by Gasteiger charge is 2.17. The molecule has 20 heavy (non-hydrogen) atoms. The molecule has 0 unspecified atom stereocenters. The largest absolute Gasteiger partial charge is 0.362 e. The lowest BCUT2D eigenvalue weighted by molar-refractivity contribution is 0.579. The van der Waals surface area contributed by atoms with Crippen LogP contribution in [0.25, 0.3) is 0 Å². The van der Waals surface area contributed by atoms with Crippen molar-refractivity contribution < 1.29 is 12.8 Å². The number of sulfonamides is 1. The van der Waals surface area contributed by atoms with Crippen LogP contribution in [0.15, 0.2) is 29.2 Å². The topological polar surface area (TPSA) is 62.0 Å². The van der Waals surface area contributed by atoms with Gasteiger partial charge in [0.15, 0.2) is 0 Å². The van der Waals surface area contributed by atoms with Crippen molar-refractivity contribution in [1.82, 2.24) is 9.71 Å². The summed E-state index contributed by atoms with van der Waals surface area (Å²) in [6.45, 7) is 5.58. The summed E-state index contributed by atoms with van der Waals surface area (Å²) < 4.78 is 40.0. The smallest absolute Gasteiger partial charge is 0.241 e. The van der Waals surface area contributed by atoms with Gasteiger partial charge in [0.1, 0.15) is 5.82 Å². The molecule has 0 spiro atoms. The zero-order valence-corrected chi connectivity index (χ0v) is 12.4. The van der Waals surface area contributed by atoms with Crippen LogP contribution in [0.5, 0.6) is 0 Å². The normalized spacial score (nSPS) is 11.8. The fourth-order valence-corrected chi connectivity index (χ4v) is 3.36. The molecule has 2 rings (SSSR count). The number of nitrogens with one attached hydrogen (secondary N) is 2. The number of hydrogen-bond acceptors (Lipinski definition) is 2. The third kappa shape index (κ3) is 3.08. The Bertz CT molecular complexity index is 736. The average Bonchev–Trinajstić information content (AvgIpc) is 2.65. The Morgan fingerprint density at radius 3 is 2.45 bits per heavy atom. The maximum atomic E-state index is 13.0. The average molecular weight is 296 g/mol. The molecule has 1 aromatic heterocycles. The molecule has 108 valence electrons. The van der Waals surface area contributed by atoms with E-state index in [2.05, 4.69) is 9.71 Å². The lowest BCUT2D eigenvalue weighted by atomic mass is 10.2. The molecule has 0 aliphatic rings. The third-order valence-corrected chi connectivity index (χ3v) is 4.70. The first-order valence-electron chi connectivity index (χ1n) is 6.20. The minimum atomic E-state index is -3.64. The Labute approximate surface area is 118 Å². The maximum absolute atomic E-state index is 13.0. The van der Waals surface area contributed by atoms with Crippen molar-refractivity contribution in [2.75, 3.05) is 0 Å². The molecular formula is C14H17FN2O2S. The second-order valence-corrected chi connectivity index (χ2v) is 6.57. The van der Waals surface area contributed by atoms with Gasteiger partial charge in [-0.3, -0.25) is 0 Å². The van der Waals surface area contributed by atoms with Crippen LogP contribution in [0.4, 0.5) is 4.39 Å². The van der Waals surface area contributed by atoms with Crippen molar-refractivity contribution in [3.05, 3.63) is 52.6 Å². The summed E-state index contributed by atoms with van der Waals surface area (Å²) in [7, 11) is -3.64. The standard InChI is InChI=1S/C14H17FN2O2S/c1-9-6-13(15)4-5-14(9)20(18,19)16-8-12-7-10(2)17-11(12)3/h4-7,16-17H,8H2,1-3H3. The van der Waals surface area contributed by atoms with Crippen molar-refractivity contribution in [2.45, 2.75) is 32.2 Å². The number of benzene rings is 1. The van der Waals surface area contributed by atoms with Gasteiger partial charge in [0, 0.05) is 17.9 Å². The van der Waals surface area contributed by atoms with Crippen LogP contribution in [-0.2, 0) is 16.6 Å². The number of aromatic nitrogens is 1. The summed E-state index contributed by atoms with van der Waals surface area (Å²) in [4.78, 5) is 3.22. The van der Waals surface area contributed by atoms with Crippen molar-refractivity contribution in [1.29, 1.82) is 0 Å². The van der Waals surface area contributed by atoms with Crippen molar-refractivity contribution >= 4 is 10.0 Å². The van der Waals surface area contributed by atoms with Crippen LogP contribution >= 0.6 is 0 Å². The molecule has 0 saturated heterocycles. The highest BCUT2D eigenvalue weighted by Crippen LogP contribution is 2.17. The van der Waals surface area contributed by atoms with Crippen LogP contribution in [0, 0.1) is 26.6 Å². The zero-order valence-electron chi connectivity index (χ0n) is 11.6. The zero-order chi connectivity index (χ0) is 14.9. The van der Waals surface area contributed by atoms with Gasteiger partial charge in [-0.25, -0.2) is 17.5 Å². The summed E-state index contributed by atoms with van der Waals surface area (Å²) >= 11 is 0. The molecule has 0 atom stereocenters. The number of hydrogen-bond donors (Lipinski definition) is 2. The van der Waals surface area contributed by atoms with E-state index in [-0.39, 0.29) is 11.4 Å². The predicted octanol–water partition coefficient (Wildman–Crippen LogP) is 2.56. The number of halogens is 1. The Hall–Kier alpha value is -1.66. The van der Waals surface area contributed by atoms with Crippen LogP contribution in [0.2, 0.25) is 0 Å². The molecule has 1 aromatic carbocycles. The third-order valence-electron chi connectivity index (χ3n) is 3.14. The van der Waals surface area contributed by atoms with E-state index in [1.165, 1.54) is 12.1 Å². The molecule has 0 aliphatic carbocycles. The molecular weight excluding hydrogens is 279 g/mol. The van der Waals surface area contributed by atoms with Gasteiger partial charge < -0.3 is 4.98 Å². The first kappa shape index (κ1) is 14.7. The predicted molar refractivity (Wildman–Crippen MR) is 75.4 cm³/mol. The summed E-state index contributed by atoms with van der Waals surface area (Å²) in [5.74, 6) is -0.446. The van der Waals surface area contributed by atoms with Crippen LogP contribution in [-0.4, -0.2) is 13.4 Å². The summed E-state index contributed by atoms with van der Waals surface area (Å²) in [6.07, 6.45) is 0. The lowest BCUT2D eigenvalue weighted by Crippen LogP contribution is -2.24. The SMILES string of the molecule is Cc1cc(CNS(=O)(=O)c2ccc(F)cc2C)c(C)[nH]1. The molecule has 4 nitrogen and oxygen atoms in total. The van der Waals surface area contributed by atoms with Crippen LogP contribution in [0.3, 0.4) is 0 Å². The Kier molecular flexibility index (Phi) is 3.96. The molecule has 0 radical (unpaired) electrons. The van der Waals surface area contributed by atoms with E-state index in [9.17, 15) is 12.8 Å². The van der Waals surface area contributed by atoms with Crippen LogP contribution in [0.1, 0.15) is 22.5 Å². The molecule has 0 saturated carbocycles. The van der Waals surface area contributed by atoms with E-state index < -0.39 is 15.8 Å². The van der Waals surface area contributed by atoms with Gasteiger partial charge >= 0.3 is 0 Å². The van der Waals surface area contributed by atoms with Crippen molar-refractivity contribution in [3.8, 4) is 0 Å². The molecule has 2 N–H and O–H groups in total. The first-order chi connectivity index (χ1) is 9.29. The van der Waals surface area contributed by atoms with Crippen molar-refractivity contribution in [2.24, 2.45) is 0 Å². The van der Waals surface area contributed by atoms with Gasteiger partial charge in [0.25, 0.3) is 0 Å². The Morgan fingerprint density at radius 1 is 1.20 bits per heavy atom. The van der Waals surface area contributed by atoms with E-state index in [0.717, 1.165) is 23.0 Å². The summed E-state index contributed by atoms with van der Waals surface area (Å²) in [5.41, 5.74) is 3.20. The minimum absolute atomic E-state index is 0.101. The lowest BCUT2D eigenvalue weighted by Gasteiger charge is -2.09. The summed E-state index contributed by atoms with van der Waals surface area (Å²) in [6, 6.07) is 5.53. The first-order valence-corrected chi connectivity index (χ1v) is 7.69. The number of rotatable bonds is 4. The second-order valence-electron chi connectivity index (χ2n) is 4.84. The van der Waals surface area contributed by atoms with Gasteiger partial charge in [-0.15, -0.1) is 0 Å². The van der Waals surface area contributed by atoms with E-state index in [1.807, 2.05) is 19.9 Å². The van der Waals surface area contributed by atoms with Crippen LogP contribution < -0.4 is 4.72 Å². The highest BCUT2D eigenvalue weighted by molar-refractivity contribution is 7.89. The van der Waals surface area contributed by atoms with E-state index in [1.54, 1.807) is 6.92 Å². The fourth-order valence-electron chi connectivity index (χ4n) is 2.13. The van der Waals surface area contributed by atoms with Crippen molar-refractivity contribution in [3.63, 3.8) is 0 Å². The van der Waals surface area contributed by atoms with Gasteiger partial charge in [-0.1, -0.05) is 0 Å². The molecule has 2 aromatic rings. The van der Waals surface area contributed by atoms with E-state index in [4.69, 9.17) is 0 Å². The molecule has 0 bridgehead atoms. The monoisotopic (exact) mass is 296 g/mol. The molecule has 0 aliphatic heterocycles. The Morgan fingerprint density at radius 2 is 1.90 bits per heavy atom. The molecule has 0 amide bonds. The second kappa shape index (κ2) is 5.38. The Balaban J connectivity index is 2.21. The van der Waals surface area contributed by atoms with Gasteiger partial charge in [-0.05, 0) is 56.2 Å². The molecule has 1 heterocycles. The minimum Gasteiger partial charge on any atom is -0.362 e. The molecule has 6 heteroatoms. The van der Waals surface area contributed by atoms with Gasteiger partial charge in [0.05, 0.1) is 4.90 Å². The van der Waals surface area contributed by atoms with Gasteiger partial charge in [0.2, 0.25) is 10.0 Å². The maximum Gasteiger partial charge on any atom is 0.241 e. The van der Waals surface area contributed by atoms with E-state index in [0.29, 0.717) is 5.56 Å². The number of aryl methyl sites for hydroxylation is 3. The molecule has 0 fully saturated rings. The van der Waals surface area contributed by atoms with Gasteiger partial charge in [-0.2, -0.15) is 0 Å². The summed E-state index contributed by atoms with van der Waals surface area (Å²) in [5, 5.41) is 0. The quantitative estimate of drug-likeness (QED) is 0.911.